The van der Waals surface area contributed by atoms with Gasteiger partial charge in [0.15, 0.2) is 11.6 Å². The summed E-state index contributed by atoms with van der Waals surface area (Å²) in [6, 6.07) is 9.87. The summed E-state index contributed by atoms with van der Waals surface area (Å²) >= 11 is 0. The molecule has 1 aromatic carbocycles. The van der Waals surface area contributed by atoms with Crippen molar-refractivity contribution in [2.45, 2.75) is 19.4 Å². The second-order valence-electron chi connectivity index (χ2n) is 5.23. The molecule has 0 atom stereocenters. The van der Waals surface area contributed by atoms with Crippen LogP contribution < -0.4 is 0 Å². The van der Waals surface area contributed by atoms with E-state index in [0.29, 0.717) is 11.1 Å². The van der Waals surface area contributed by atoms with Gasteiger partial charge in [0.05, 0.1) is 16.8 Å². The van der Waals surface area contributed by atoms with Gasteiger partial charge in [-0.15, -0.1) is 0 Å². The Labute approximate surface area is 116 Å². The predicted octanol–water partition coefficient (Wildman–Crippen LogP) is 3.04. The summed E-state index contributed by atoms with van der Waals surface area (Å²) in [4.78, 5) is 24.5. The van der Waals surface area contributed by atoms with Gasteiger partial charge in [-0.25, -0.2) is 0 Å². The zero-order chi connectivity index (χ0) is 13.7. The van der Waals surface area contributed by atoms with E-state index >= 15 is 0 Å². The van der Waals surface area contributed by atoms with Gasteiger partial charge in [-0.3, -0.25) is 9.59 Å². The number of aromatic nitrogens is 1. The van der Waals surface area contributed by atoms with Gasteiger partial charge in [-0.1, -0.05) is 30.3 Å². The Hall–Kier alpha value is -2.42. The molecule has 98 valence electrons. The van der Waals surface area contributed by atoms with Gasteiger partial charge in [0.1, 0.15) is 0 Å². The van der Waals surface area contributed by atoms with Crippen molar-refractivity contribution in [2.75, 3.05) is 0 Å². The fourth-order valence-electron chi connectivity index (χ4n) is 3.30. The van der Waals surface area contributed by atoms with Gasteiger partial charge in [-0.2, -0.15) is 0 Å². The van der Waals surface area contributed by atoms with E-state index in [-0.39, 0.29) is 11.6 Å². The molecule has 0 saturated carbocycles. The maximum Gasteiger partial charge on any atom is 0.188 e. The average Bonchev–Trinajstić information content (AvgIpc) is 3.04. The van der Waals surface area contributed by atoms with Gasteiger partial charge < -0.3 is 4.57 Å². The number of nitrogens with zero attached hydrogens (tertiary/aromatic N) is 1. The number of hydrogen-bond acceptors (Lipinski definition) is 2. The Balaban J connectivity index is 2.08. The molecule has 0 saturated heterocycles. The standard InChI is InChI=1S/C17H13NO2/c19-13-8-9-14(20)16-15(13)12-7-4-10-18(12)17(16)11-5-2-1-3-6-11/h1-3,5-6,8-9H,4,7,10H2. The monoisotopic (exact) mass is 263 g/mol. The number of carbonyl (C=O) groups is 2. The van der Waals surface area contributed by atoms with Gasteiger partial charge in [0.25, 0.3) is 0 Å². The number of benzene rings is 1. The third-order valence-electron chi connectivity index (χ3n) is 4.09. The molecule has 1 aromatic heterocycles. The number of rotatable bonds is 1. The number of fused-ring (bicyclic) bond motifs is 3. The van der Waals surface area contributed by atoms with E-state index in [4.69, 9.17) is 0 Å². The number of carbonyl (C=O) groups excluding carboxylic acids is 2. The van der Waals surface area contributed by atoms with E-state index in [1.54, 1.807) is 0 Å². The zero-order valence-electron chi connectivity index (χ0n) is 10.9. The van der Waals surface area contributed by atoms with Crippen LogP contribution in [-0.2, 0) is 13.0 Å². The van der Waals surface area contributed by atoms with Gasteiger partial charge in [-0.05, 0) is 30.6 Å². The van der Waals surface area contributed by atoms with Crippen molar-refractivity contribution < 1.29 is 9.59 Å². The van der Waals surface area contributed by atoms with Crippen LogP contribution >= 0.6 is 0 Å². The topological polar surface area (TPSA) is 39.1 Å². The Kier molecular flexibility index (Phi) is 2.30. The van der Waals surface area contributed by atoms with Crippen LogP contribution in [0.1, 0.15) is 32.8 Å². The first kappa shape index (κ1) is 11.4. The highest BCUT2D eigenvalue weighted by molar-refractivity contribution is 6.25. The second-order valence-corrected chi connectivity index (χ2v) is 5.23. The molecule has 4 rings (SSSR count). The molecule has 20 heavy (non-hydrogen) atoms. The fourth-order valence-corrected chi connectivity index (χ4v) is 3.30. The van der Waals surface area contributed by atoms with Crippen LogP contribution in [0, 0.1) is 0 Å². The van der Waals surface area contributed by atoms with Crippen LogP contribution in [0.25, 0.3) is 11.3 Å². The van der Waals surface area contributed by atoms with E-state index in [1.165, 1.54) is 12.2 Å². The summed E-state index contributed by atoms with van der Waals surface area (Å²) in [5.41, 5.74) is 4.18. The van der Waals surface area contributed by atoms with Crippen molar-refractivity contribution in [1.29, 1.82) is 0 Å². The third kappa shape index (κ3) is 1.40. The molecule has 0 unspecified atom stereocenters. The number of hydrogen-bond donors (Lipinski definition) is 0. The van der Waals surface area contributed by atoms with Crippen LogP contribution in [0.4, 0.5) is 0 Å². The maximum atomic E-state index is 12.3. The Bertz CT molecular complexity index is 766. The average molecular weight is 263 g/mol. The molecule has 3 nitrogen and oxygen atoms in total. The summed E-state index contributed by atoms with van der Waals surface area (Å²) in [6.45, 7) is 0.882. The SMILES string of the molecule is O=C1C=CC(=O)c2c1c1n(c2-c2ccccc2)CCC1. The third-order valence-corrected chi connectivity index (χ3v) is 4.09. The van der Waals surface area contributed by atoms with Crippen LogP contribution in [0.3, 0.4) is 0 Å². The Morgan fingerprint density at radius 2 is 1.60 bits per heavy atom. The number of ketones is 2. The Morgan fingerprint density at radius 1 is 0.900 bits per heavy atom. The first-order valence-corrected chi connectivity index (χ1v) is 6.85. The lowest BCUT2D eigenvalue weighted by Crippen LogP contribution is -2.11. The maximum absolute atomic E-state index is 12.3. The molecule has 0 radical (unpaired) electrons. The minimum absolute atomic E-state index is 0.0348. The van der Waals surface area contributed by atoms with Crippen molar-refractivity contribution in [3.05, 3.63) is 59.3 Å². The summed E-state index contributed by atoms with van der Waals surface area (Å²) in [7, 11) is 0. The molecular weight excluding hydrogens is 250 g/mol. The predicted molar refractivity (Wildman–Crippen MR) is 76.0 cm³/mol. The van der Waals surface area contributed by atoms with Gasteiger partial charge in [0, 0.05) is 12.2 Å². The second kappa shape index (κ2) is 4.04. The molecule has 0 fully saturated rings. The molecule has 2 aromatic rings. The zero-order valence-corrected chi connectivity index (χ0v) is 10.9. The fraction of sp³-hybridized carbons (Fsp3) is 0.176. The summed E-state index contributed by atoms with van der Waals surface area (Å²) < 4.78 is 2.16. The Morgan fingerprint density at radius 3 is 2.35 bits per heavy atom. The molecule has 0 spiro atoms. The first-order valence-electron chi connectivity index (χ1n) is 6.85. The van der Waals surface area contributed by atoms with E-state index in [9.17, 15) is 9.59 Å². The molecule has 0 bridgehead atoms. The summed E-state index contributed by atoms with van der Waals surface area (Å²) in [5, 5.41) is 0. The summed E-state index contributed by atoms with van der Waals surface area (Å²) in [5.74, 6) is -0.0900. The lowest BCUT2D eigenvalue weighted by atomic mass is 9.92. The van der Waals surface area contributed by atoms with Crippen molar-refractivity contribution >= 4 is 11.6 Å². The van der Waals surface area contributed by atoms with E-state index in [0.717, 1.165) is 36.3 Å². The van der Waals surface area contributed by atoms with Crippen molar-refractivity contribution in [1.82, 2.24) is 4.57 Å². The molecule has 1 aliphatic carbocycles. The van der Waals surface area contributed by atoms with Crippen molar-refractivity contribution in [3.8, 4) is 11.3 Å². The van der Waals surface area contributed by atoms with E-state index < -0.39 is 0 Å². The normalized spacial score (nSPS) is 16.4. The highest BCUT2D eigenvalue weighted by Crippen LogP contribution is 2.38. The summed E-state index contributed by atoms with van der Waals surface area (Å²) in [6.07, 6.45) is 4.71. The molecule has 3 heteroatoms. The molecule has 2 aliphatic rings. The largest absolute Gasteiger partial charge is 0.343 e. The minimum Gasteiger partial charge on any atom is -0.343 e. The van der Waals surface area contributed by atoms with Gasteiger partial charge >= 0.3 is 0 Å². The van der Waals surface area contributed by atoms with Gasteiger partial charge in [0.2, 0.25) is 0 Å². The number of allylic oxidation sites excluding steroid dienone is 2. The smallest absolute Gasteiger partial charge is 0.188 e. The molecule has 0 amide bonds. The van der Waals surface area contributed by atoms with Crippen LogP contribution in [0.5, 0.6) is 0 Å². The van der Waals surface area contributed by atoms with Crippen molar-refractivity contribution in [2.24, 2.45) is 0 Å². The lowest BCUT2D eigenvalue weighted by molar-refractivity contribution is 0.0995. The highest BCUT2D eigenvalue weighted by atomic mass is 16.1. The van der Waals surface area contributed by atoms with Crippen LogP contribution in [0.2, 0.25) is 0 Å². The molecule has 2 heterocycles. The first-order chi connectivity index (χ1) is 9.77. The van der Waals surface area contributed by atoms with Crippen molar-refractivity contribution in [3.63, 3.8) is 0 Å². The van der Waals surface area contributed by atoms with Crippen LogP contribution in [-0.4, -0.2) is 16.1 Å². The molecule has 1 aliphatic heterocycles. The van der Waals surface area contributed by atoms with E-state index in [2.05, 4.69) is 4.57 Å². The van der Waals surface area contributed by atoms with E-state index in [1.807, 2.05) is 30.3 Å². The lowest BCUT2D eigenvalue weighted by Gasteiger charge is -2.10. The van der Waals surface area contributed by atoms with Crippen LogP contribution in [0.15, 0.2) is 42.5 Å². The minimum atomic E-state index is -0.0552. The molecular formula is C17H13NO2. The molecule has 0 N–H and O–H groups in total. The quantitative estimate of drug-likeness (QED) is 0.793. The highest BCUT2D eigenvalue weighted by Gasteiger charge is 2.33.